The van der Waals surface area contributed by atoms with E-state index in [1.165, 1.54) is 0 Å². The van der Waals surface area contributed by atoms with Crippen molar-refractivity contribution >= 4 is 5.97 Å². The van der Waals surface area contributed by atoms with Crippen LogP contribution < -0.4 is 0 Å². The molecule has 1 N–H and O–H groups in total. The zero-order valence-corrected chi connectivity index (χ0v) is 6.24. The molecular weight excluding hydrogens is 165 g/mol. The van der Waals surface area contributed by atoms with Gasteiger partial charge in [-0.25, -0.2) is 9.78 Å². The maximum atomic E-state index is 12.4. The summed E-state index contributed by atoms with van der Waals surface area (Å²) in [6, 6.07) is 0.807. The van der Waals surface area contributed by atoms with Gasteiger partial charge in [0.1, 0.15) is 11.3 Å². The number of nitrogens with zero attached hydrogens (tertiary/aromatic N) is 1. The van der Waals surface area contributed by atoms with E-state index in [2.05, 4.69) is 9.72 Å². The number of hydrogen-bond donors (Lipinski definition) is 1. The number of ether oxygens (including phenoxy) is 1. The highest BCUT2D eigenvalue weighted by Gasteiger charge is 2.12. The summed E-state index contributed by atoms with van der Waals surface area (Å²) >= 11 is 0. The second-order valence-corrected chi connectivity index (χ2v) is 2.02. The smallest absolute Gasteiger partial charge is 0.341 e. The fourth-order valence-electron chi connectivity index (χ4n) is 0.696. The molecule has 0 aliphatic rings. The molecule has 1 rings (SSSR count). The first-order chi connectivity index (χ1) is 5.65. The molecule has 64 valence electrons. The lowest BCUT2D eigenvalue weighted by Crippen LogP contribution is -2.02. The lowest BCUT2D eigenvalue weighted by molar-refractivity contribution is 0.0596. The van der Waals surface area contributed by atoms with Gasteiger partial charge < -0.3 is 9.84 Å². The van der Waals surface area contributed by atoms with E-state index in [0.29, 0.717) is 0 Å². The first-order valence-corrected chi connectivity index (χ1v) is 3.08. The van der Waals surface area contributed by atoms with Gasteiger partial charge in [-0.1, -0.05) is 0 Å². The monoisotopic (exact) mass is 171 g/mol. The number of aromatic hydroxyl groups is 1. The first-order valence-electron chi connectivity index (χ1n) is 3.08. The molecule has 0 saturated carbocycles. The molecule has 4 nitrogen and oxygen atoms in total. The summed E-state index contributed by atoms with van der Waals surface area (Å²) in [5.74, 6) is -2.04. The summed E-state index contributed by atoms with van der Waals surface area (Å²) in [5, 5.41) is 9.01. The highest BCUT2D eigenvalue weighted by Crippen LogP contribution is 2.16. The number of hydrogen-bond acceptors (Lipinski definition) is 4. The molecule has 1 heterocycles. The number of rotatable bonds is 1. The van der Waals surface area contributed by atoms with Gasteiger partial charge in [0.05, 0.1) is 13.3 Å². The fourth-order valence-corrected chi connectivity index (χ4v) is 0.696. The molecule has 0 bridgehead atoms. The third kappa shape index (κ3) is 1.50. The molecule has 1 aromatic rings. The number of halogens is 1. The molecule has 5 heteroatoms. The van der Waals surface area contributed by atoms with Crippen molar-refractivity contribution in [2.75, 3.05) is 7.11 Å². The minimum absolute atomic E-state index is 0.231. The van der Waals surface area contributed by atoms with E-state index in [1.54, 1.807) is 0 Å². The normalized spacial score (nSPS) is 9.50. The van der Waals surface area contributed by atoms with Gasteiger partial charge in [0.2, 0.25) is 5.95 Å². The Hall–Kier alpha value is -1.65. The number of aromatic nitrogens is 1. The fraction of sp³-hybridized carbons (Fsp3) is 0.143. The summed E-state index contributed by atoms with van der Waals surface area (Å²) < 4.78 is 16.7. The predicted molar refractivity (Wildman–Crippen MR) is 37.2 cm³/mol. The standard InChI is InChI=1S/C7H6FNO3/c1-12-7(11)4-2-6(8)9-3-5(4)10/h2-3,10H,1H3. The van der Waals surface area contributed by atoms with Crippen LogP contribution in [0.1, 0.15) is 10.4 Å². The van der Waals surface area contributed by atoms with E-state index in [4.69, 9.17) is 5.11 Å². The summed E-state index contributed by atoms with van der Waals surface area (Å²) in [6.07, 6.45) is 0.849. The molecule has 0 aromatic carbocycles. The summed E-state index contributed by atoms with van der Waals surface area (Å²) in [4.78, 5) is 13.9. The van der Waals surface area contributed by atoms with Crippen molar-refractivity contribution in [3.05, 3.63) is 23.8 Å². The van der Waals surface area contributed by atoms with Crippen LogP contribution >= 0.6 is 0 Å². The Balaban J connectivity index is 3.13. The molecule has 12 heavy (non-hydrogen) atoms. The SMILES string of the molecule is COC(=O)c1cc(F)ncc1O. The van der Waals surface area contributed by atoms with Crippen LogP contribution in [0.5, 0.6) is 5.75 Å². The molecule has 0 atom stereocenters. The molecule has 0 unspecified atom stereocenters. The minimum atomic E-state index is -0.840. The van der Waals surface area contributed by atoms with Gasteiger partial charge in [-0.15, -0.1) is 0 Å². The molecule has 1 aromatic heterocycles. The van der Waals surface area contributed by atoms with Crippen LogP contribution in [-0.2, 0) is 4.74 Å². The average Bonchev–Trinajstić information content (AvgIpc) is 2.08. The lowest BCUT2D eigenvalue weighted by Gasteiger charge is -2.00. The number of methoxy groups -OCH3 is 1. The Morgan fingerprint density at radius 3 is 3.00 bits per heavy atom. The summed E-state index contributed by atoms with van der Waals surface area (Å²) in [6.45, 7) is 0. The van der Waals surface area contributed by atoms with E-state index >= 15 is 0 Å². The molecule has 0 aliphatic carbocycles. The van der Waals surface area contributed by atoms with Crippen LogP contribution in [0.4, 0.5) is 4.39 Å². The van der Waals surface area contributed by atoms with Gasteiger partial charge in [0.25, 0.3) is 0 Å². The van der Waals surface area contributed by atoms with Gasteiger partial charge in [-0.2, -0.15) is 4.39 Å². The third-order valence-electron chi connectivity index (χ3n) is 1.25. The quantitative estimate of drug-likeness (QED) is 0.499. The van der Waals surface area contributed by atoms with Crippen molar-refractivity contribution in [2.24, 2.45) is 0 Å². The highest BCUT2D eigenvalue weighted by molar-refractivity contribution is 5.91. The van der Waals surface area contributed by atoms with Crippen molar-refractivity contribution in [1.82, 2.24) is 4.98 Å². The van der Waals surface area contributed by atoms with E-state index in [1.807, 2.05) is 0 Å². The summed E-state index contributed by atoms with van der Waals surface area (Å²) in [7, 11) is 1.14. The second kappa shape index (κ2) is 3.17. The summed E-state index contributed by atoms with van der Waals surface area (Å²) in [5.41, 5.74) is -0.231. The molecule has 0 fully saturated rings. The van der Waals surface area contributed by atoms with Gasteiger partial charge in [-0.05, 0) is 0 Å². The van der Waals surface area contributed by atoms with Crippen LogP contribution in [0.15, 0.2) is 12.3 Å². The molecular formula is C7H6FNO3. The van der Waals surface area contributed by atoms with E-state index in [0.717, 1.165) is 19.4 Å². The number of carbonyl (C=O) groups excluding carboxylic acids is 1. The van der Waals surface area contributed by atoms with Crippen molar-refractivity contribution in [1.29, 1.82) is 0 Å². The Bertz CT molecular complexity index is 314. The maximum Gasteiger partial charge on any atom is 0.341 e. The number of esters is 1. The van der Waals surface area contributed by atoms with E-state index < -0.39 is 17.7 Å². The predicted octanol–water partition coefficient (Wildman–Crippen LogP) is 0.713. The maximum absolute atomic E-state index is 12.4. The molecule has 0 amide bonds. The zero-order chi connectivity index (χ0) is 9.14. The number of carbonyl (C=O) groups is 1. The average molecular weight is 171 g/mol. The topological polar surface area (TPSA) is 59.4 Å². The van der Waals surface area contributed by atoms with Crippen LogP contribution in [-0.4, -0.2) is 23.2 Å². The van der Waals surface area contributed by atoms with Crippen LogP contribution in [0.25, 0.3) is 0 Å². The van der Waals surface area contributed by atoms with Crippen LogP contribution in [0.3, 0.4) is 0 Å². The first kappa shape index (κ1) is 8.45. The van der Waals surface area contributed by atoms with Crippen molar-refractivity contribution in [3.63, 3.8) is 0 Å². The van der Waals surface area contributed by atoms with E-state index in [9.17, 15) is 9.18 Å². The molecule has 0 spiro atoms. The van der Waals surface area contributed by atoms with Crippen molar-refractivity contribution in [2.45, 2.75) is 0 Å². The lowest BCUT2D eigenvalue weighted by atomic mass is 10.2. The highest BCUT2D eigenvalue weighted by atomic mass is 19.1. The van der Waals surface area contributed by atoms with Crippen molar-refractivity contribution in [3.8, 4) is 5.75 Å². The van der Waals surface area contributed by atoms with Gasteiger partial charge in [0.15, 0.2) is 0 Å². The Labute approximate surface area is 67.6 Å². The Morgan fingerprint density at radius 1 is 1.75 bits per heavy atom. The second-order valence-electron chi connectivity index (χ2n) is 2.02. The number of pyridine rings is 1. The zero-order valence-electron chi connectivity index (χ0n) is 6.24. The molecule has 0 radical (unpaired) electrons. The Kier molecular flexibility index (Phi) is 2.23. The minimum Gasteiger partial charge on any atom is -0.505 e. The van der Waals surface area contributed by atoms with E-state index in [-0.39, 0.29) is 5.56 Å². The third-order valence-corrected chi connectivity index (χ3v) is 1.25. The van der Waals surface area contributed by atoms with Gasteiger partial charge in [-0.3, -0.25) is 0 Å². The molecule has 0 saturated heterocycles. The van der Waals surface area contributed by atoms with Gasteiger partial charge >= 0.3 is 5.97 Å². The largest absolute Gasteiger partial charge is 0.505 e. The van der Waals surface area contributed by atoms with Crippen molar-refractivity contribution < 1.29 is 19.0 Å². The van der Waals surface area contributed by atoms with Gasteiger partial charge in [0, 0.05) is 6.07 Å². The Morgan fingerprint density at radius 2 is 2.42 bits per heavy atom. The molecule has 0 aliphatic heterocycles. The van der Waals surface area contributed by atoms with Crippen LogP contribution in [0, 0.1) is 5.95 Å². The van der Waals surface area contributed by atoms with Crippen LogP contribution in [0.2, 0.25) is 0 Å².